The van der Waals surface area contributed by atoms with Gasteiger partial charge >= 0.3 is 0 Å². The fourth-order valence-electron chi connectivity index (χ4n) is 3.02. The highest BCUT2D eigenvalue weighted by atomic mass is 19.1. The Bertz CT molecular complexity index is 527. The molecule has 2 heteroatoms. The zero-order chi connectivity index (χ0) is 13.1. The average Bonchev–Trinajstić information content (AvgIpc) is 2.49. The number of hydrogen-bond acceptors (Lipinski definition) is 1. The highest BCUT2D eigenvalue weighted by molar-refractivity contribution is 5.39. The van der Waals surface area contributed by atoms with Gasteiger partial charge in [0.25, 0.3) is 0 Å². The number of nitrogens with one attached hydrogen (secondary N) is 1. The van der Waals surface area contributed by atoms with Gasteiger partial charge in [-0.15, -0.1) is 0 Å². The van der Waals surface area contributed by atoms with Gasteiger partial charge in [-0.05, 0) is 49.1 Å². The minimum atomic E-state index is -0.178. The Balaban J connectivity index is 2.09. The monoisotopic (exact) mass is 255 g/mol. The van der Waals surface area contributed by atoms with Gasteiger partial charge in [0, 0.05) is 0 Å². The van der Waals surface area contributed by atoms with Crippen molar-refractivity contribution in [2.75, 3.05) is 6.54 Å². The quantitative estimate of drug-likeness (QED) is 0.859. The minimum absolute atomic E-state index is 0.160. The lowest BCUT2D eigenvalue weighted by Crippen LogP contribution is -2.46. The smallest absolute Gasteiger partial charge is 0.123 e. The van der Waals surface area contributed by atoms with Crippen LogP contribution in [-0.4, -0.2) is 6.54 Å². The van der Waals surface area contributed by atoms with Crippen LogP contribution in [0.4, 0.5) is 4.39 Å². The summed E-state index contributed by atoms with van der Waals surface area (Å²) in [4.78, 5) is 0. The van der Waals surface area contributed by atoms with Gasteiger partial charge in [0.15, 0.2) is 0 Å². The fourth-order valence-corrected chi connectivity index (χ4v) is 3.02. The van der Waals surface area contributed by atoms with E-state index >= 15 is 0 Å². The second-order valence-electron chi connectivity index (χ2n) is 5.16. The summed E-state index contributed by atoms with van der Waals surface area (Å²) >= 11 is 0. The molecule has 0 aliphatic carbocycles. The molecule has 0 aromatic heterocycles. The van der Waals surface area contributed by atoms with Crippen molar-refractivity contribution in [3.05, 3.63) is 71.5 Å². The van der Waals surface area contributed by atoms with Gasteiger partial charge in [-0.25, -0.2) is 4.39 Å². The molecule has 1 aliphatic heterocycles. The molecule has 0 saturated carbocycles. The van der Waals surface area contributed by atoms with Crippen molar-refractivity contribution in [1.29, 1.82) is 0 Å². The summed E-state index contributed by atoms with van der Waals surface area (Å²) in [5.74, 6) is -0.178. The lowest BCUT2D eigenvalue weighted by atomic mass is 9.77. The highest BCUT2D eigenvalue weighted by Crippen LogP contribution is 2.36. The van der Waals surface area contributed by atoms with Gasteiger partial charge in [0.1, 0.15) is 5.82 Å². The van der Waals surface area contributed by atoms with E-state index < -0.39 is 0 Å². The van der Waals surface area contributed by atoms with Gasteiger partial charge in [-0.1, -0.05) is 42.5 Å². The van der Waals surface area contributed by atoms with Crippen molar-refractivity contribution in [3.8, 4) is 0 Å². The Hall–Kier alpha value is -1.67. The van der Waals surface area contributed by atoms with Gasteiger partial charge in [0.05, 0.1) is 5.54 Å². The van der Waals surface area contributed by atoms with Crippen molar-refractivity contribution in [2.45, 2.75) is 24.8 Å². The number of piperidine rings is 1. The first-order chi connectivity index (χ1) is 9.31. The van der Waals surface area contributed by atoms with Gasteiger partial charge in [-0.2, -0.15) is 0 Å². The highest BCUT2D eigenvalue weighted by Gasteiger charge is 2.35. The van der Waals surface area contributed by atoms with Gasteiger partial charge in [-0.3, -0.25) is 0 Å². The van der Waals surface area contributed by atoms with Crippen molar-refractivity contribution in [1.82, 2.24) is 5.32 Å². The van der Waals surface area contributed by atoms with Crippen molar-refractivity contribution in [2.24, 2.45) is 0 Å². The lowest BCUT2D eigenvalue weighted by Gasteiger charge is -2.39. The van der Waals surface area contributed by atoms with Crippen molar-refractivity contribution >= 4 is 0 Å². The third-order valence-corrected chi connectivity index (χ3v) is 4.01. The molecule has 1 fully saturated rings. The molecule has 1 atom stereocenters. The van der Waals surface area contributed by atoms with E-state index in [1.165, 1.54) is 18.4 Å². The summed E-state index contributed by atoms with van der Waals surface area (Å²) < 4.78 is 13.2. The van der Waals surface area contributed by atoms with Crippen LogP contribution in [0.3, 0.4) is 0 Å². The molecule has 1 unspecified atom stereocenters. The van der Waals surface area contributed by atoms with Gasteiger partial charge < -0.3 is 5.32 Å². The van der Waals surface area contributed by atoms with E-state index in [-0.39, 0.29) is 11.4 Å². The Kier molecular flexibility index (Phi) is 3.34. The number of halogens is 1. The first-order valence-electron chi connectivity index (χ1n) is 6.88. The molecule has 98 valence electrons. The minimum Gasteiger partial charge on any atom is -0.304 e. The van der Waals surface area contributed by atoms with Crippen LogP contribution in [0.1, 0.15) is 30.4 Å². The lowest BCUT2D eigenvalue weighted by molar-refractivity contribution is 0.310. The van der Waals surface area contributed by atoms with E-state index in [0.717, 1.165) is 18.5 Å². The van der Waals surface area contributed by atoms with Crippen LogP contribution >= 0.6 is 0 Å². The number of rotatable bonds is 2. The first kappa shape index (κ1) is 12.4. The summed E-state index contributed by atoms with van der Waals surface area (Å²) in [5, 5.41) is 3.66. The molecule has 0 radical (unpaired) electrons. The molecule has 1 N–H and O–H groups in total. The van der Waals surface area contributed by atoms with Crippen LogP contribution in [0, 0.1) is 5.82 Å². The van der Waals surface area contributed by atoms with E-state index in [4.69, 9.17) is 0 Å². The molecule has 1 saturated heterocycles. The Morgan fingerprint density at radius 1 is 0.842 bits per heavy atom. The summed E-state index contributed by atoms with van der Waals surface area (Å²) in [6, 6.07) is 17.4. The molecule has 19 heavy (non-hydrogen) atoms. The third-order valence-electron chi connectivity index (χ3n) is 4.01. The molecule has 0 amide bonds. The SMILES string of the molecule is Fc1ccc(C2(c3ccccc3)CCCCN2)cc1. The summed E-state index contributed by atoms with van der Waals surface area (Å²) in [5.41, 5.74) is 2.26. The average molecular weight is 255 g/mol. The summed E-state index contributed by atoms with van der Waals surface area (Å²) in [6.07, 6.45) is 3.46. The summed E-state index contributed by atoms with van der Waals surface area (Å²) in [6.45, 7) is 1.01. The van der Waals surface area contributed by atoms with Crippen LogP contribution in [0.5, 0.6) is 0 Å². The topological polar surface area (TPSA) is 12.0 Å². The third kappa shape index (κ3) is 2.28. The van der Waals surface area contributed by atoms with E-state index in [2.05, 4.69) is 29.6 Å². The fraction of sp³-hybridized carbons (Fsp3) is 0.294. The zero-order valence-corrected chi connectivity index (χ0v) is 10.9. The molecule has 1 aliphatic rings. The van der Waals surface area contributed by atoms with E-state index in [1.807, 2.05) is 18.2 Å². The van der Waals surface area contributed by atoms with Crippen LogP contribution in [0.2, 0.25) is 0 Å². The molecule has 3 rings (SSSR count). The molecule has 1 heterocycles. The Morgan fingerprint density at radius 2 is 1.53 bits per heavy atom. The van der Waals surface area contributed by atoms with Gasteiger partial charge in [0.2, 0.25) is 0 Å². The zero-order valence-electron chi connectivity index (χ0n) is 10.9. The van der Waals surface area contributed by atoms with Crippen molar-refractivity contribution in [3.63, 3.8) is 0 Å². The maximum absolute atomic E-state index is 13.2. The van der Waals surface area contributed by atoms with Crippen LogP contribution in [0.25, 0.3) is 0 Å². The number of hydrogen-bond donors (Lipinski definition) is 1. The first-order valence-corrected chi connectivity index (χ1v) is 6.88. The predicted molar refractivity (Wildman–Crippen MR) is 75.5 cm³/mol. The maximum atomic E-state index is 13.2. The standard InChI is InChI=1S/C17H18FN/c18-16-10-8-15(9-11-16)17(12-4-5-13-19-17)14-6-2-1-3-7-14/h1-3,6-11,19H,4-5,12-13H2. The second-order valence-corrected chi connectivity index (χ2v) is 5.16. The molecular weight excluding hydrogens is 237 g/mol. The van der Waals surface area contributed by atoms with E-state index in [9.17, 15) is 4.39 Å². The van der Waals surface area contributed by atoms with Crippen LogP contribution in [-0.2, 0) is 5.54 Å². The normalized spacial score (nSPS) is 23.2. The van der Waals surface area contributed by atoms with E-state index in [0.29, 0.717) is 0 Å². The number of benzene rings is 2. The Morgan fingerprint density at radius 3 is 2.16 bits per heavy atom. The maximum Gasteiger partial charge on any atom is 0.123 e. The molecule has 1 nitrogen and oxygen atoms in total. The molecule has 2 aromatic carbocycles. The van der Waals surface area contributed by atoms with Crippen LogP contribution < -0.4 is 5.32 Å². The summed E-state index contributed by atoms with van der Waals surface area (Å²) in [7, 11) is 0. The predicted octanol–water partition coefficient (Wildman–Crippen LogP) is 3.84. The molecule has 0 spiro atoms. The van der Waals surface area contributed by atoms with Crippen LogP contribution in [0.15, 0.2) is 54.6 Å². The van der Waals surface area contributed by atoms with Crippen molar-refractivity contribution < 1.29 is 4.39 Å². The second kappa shape index (κ2) is 5.14. The molecular formula is C17H18FN. The van der Waals surface area contributed by atoms with E-state index in [1.54, 1.807) is 12.1 Å². The molecule has 0 bridgehead atoms. The molecule has 2 aromatic rings. The largest absolute Gasteiger partial charge is 0.304 e. The Labute approximate surface area is 113 Å².